The lowest BCUT2D eigenvalue weighted by Gasteiger charge is -2.23. The van der Waals surface area contributed by atoms with E-state index in [0.717, 1.165) is 43.9 Å². The minimum atomic E-state index is -0.209. The number of ether oxygens (including phenoxy) is 1. The quantitative estimate of drug-likeness (QED) is 0.918. The third kappa shape index (κ3) is 3.42. The zero-order valence-corrected chi connectivity index (χ0v) is 11.5. The van der Waals surface area contributed by atoms with E-state index in [4.69, 9.17) is 4.74 Å². The summed E-state index contributed by atoms with van der Waals surface area (Å²) in [4.78, 5) is 0. The van der Waals surface area contributed by atoms with Crippen LogP contribution >= 0.6 is 15.9 Å². The van der Waals surface area contributed by atoms with Crippen LogP contribution in [0.4, 0.5) is 10.1 Å². The van der Waals surface area contributed by atoms with Crippen molar-refractivity contribution in [1.29, 1.82) is 0 Å². The number of nitrogens with one attached hydrogen (secondary N) is 1. The highest BCUT2D eigenvalue weighted by molar-refractivity contribution is 9.10. The molecule has 0 atom stereocenters. The van der Waals surface area contributed by atoms with Gasteiger partial charge in [-0.3, -0.25) is 0 Å². The zero-order valence-electron chi connectivity index (χ0n) is 9.93. The van der Waals surface area contributed by atoms with Crippen LogP contribution in [0.5, 0.6) is 0 Å². The molecule has 0 unspecified atom stereocenters. The highest BCUT2D eigenvalue weighted by atomic mass is 79.9. The standard InChI is InChI=1S/C13H17BrFNO/c1-9-6-12(15)11(14)7-13(9)16-8-10-2-4-17-5-3-10/h6-7,10,16H,2-5,8H2,1H3. The third-order valence-corrected chi connectivity index (χ3v) is 3.80. The lowest BCUT2D eigenvalue weighted by Crippen LogP contribution is -2.22. The maximum atomic E-state index is 13.3. The molecule has 94 valence electrons. The summed E-state index contributed by atoms with van der Waals surface area (Å²) in [5.74, 6) is 0.450. The van der Waals surface area contributed by atoms with Crippen LogP contribution in [0.3, 0.4) is 0 Å². The molecule has 1 aromatic carbocycles. The van der Waals surface area contributed by atoms with Gasteiger partial charge in [0.1, 0.15) is 5.82 Å². The van der Waals surface area contributed by atoms with Crippen molar-refractivity contribution in [1.82, 2.24) is 0 Å². The second-order valence-electron chi connectivity index (χ2n) is 4.52. The normalized spacial score (nSPS) is 17.1. The molecule has 0 amide bonds. The van der Waals surface area contributed by atoms with Crippen molar-refractivity contribution in [2.24, 2.45) is 5.92 Å². The molecule has 4 heteroatoms. The minimum Gasteiger partial charge on any atom is -0.385 e. The van der Waals surface area contributed by atoms with E-state index in [9.17, 15) is 4.39 Å². The highest BCUT2D eigenvalue weighted by Crippen LogP contribution is 2.25. The van der Waals surface area contributed by atoms with Crippen molar-refractivity contribution in [2.75, 3.05) is 25.1 Å². The molecule has 0 bridgehead atoms. The fraction of sp³-hybridized carbons (Fsp3) is 0.538. The molecule has 0 radical (unpaired) electrons. The van der Waals surface area contributed by atoms with Gasteiger partial charge < -0.3 is 10.1 Å². The molecule has 2 rings (SSSR count). The van der Waals surface area contributed by atoms with Gasteiger partial charge in [-0.05, 0) is 59.3 Å². The molecule has 1 heterocycles. The van der Waals surface area contributed by atoms with Gasteiger partial charge in [0.05, 0.1) is 4.47 Å². The lowest BCUT2D eigenvalue weighted by atomic mass is 10.0. The average Bonchev–Trinajstić information content (AvgIpc) is 2.33. The molecule has 1 saturated heterocycles. The molecule has 1 N–H and O–H groups in total. The summed E-state index contributed by atoms with van der Waals surface area (Å²) in [5.41, 5.74) is 1.95. The van der Waals surface area contributed by atoms with Gasteiger partial charge >= 0.3 is 0 Å². The summed E-state index contributed by atoms with van der Waals surface area (Å²) in [5, 5.41) is 3.40. The Hall–Kier alpha value is -0.610. The van der Waals surface area contributed by atoms with Gasteiger partial charge in [0.15, 0.2) is 0 Å². The number of anilines is 1. The van der Waals surface area contributed by atoms with Crippen LogP contribution in [-0.4, -0.2) is 19.8 Å². The first-order chi connectivity index (χ1) is 8.16. The average molecular weight is 302 g/mol. The molecule has 0 saturated carbocycles. The molecule has 1 aliphatic heterocycles. The van der Waals surface area contributed by atoms with Gasteiger partial charge in [-0.1, -0.05) is 0 Å². The van der Waals surface area contributed by atoms with Crippen molar-refractivity contribution in [3.05, 3.63) is 28.0 Å². The van der Waals surface area contributed by atoms with Gasteiger partial charge in [-0.2, -0.15) is 0 Å². The SMILES string of the molecule is Cc1cc(F)c(Br)cc1NCC1CCOCC1. The van der Waals surface area contributed by atoms with Crippen molar-refractivity contribution in [2.45, 2.75) is 19.8 Å². The molecule has 0 aromatic heterocycles. The van der Waals surface area contributed by atoms with E-state index in [1.807, 2.05) is 13.0 Å². The fourth-order valence-electron chi connectivity index (χ4n) is 2.04. The van der Waals surface area contributed by atoms with E-state index in [0.29, 0.717) is 10.4 Å². The Balaban J connectivity index is 1.96. The van der Waals surface area contributed by atoms with Crippen LogP contribution in [0, 0.1) is 18.7 Å². The molecule has 1 aromatic rings. The van der Waals surface area contributed by atoms with Crippen molar-refractivity contribution < 1.29 is 9.13 Å². The number of halogens is 2. The summed E-state index contributed by atoms with van der Waals surface area (Å²) in [6.07, 6.45) is 2.21. The first kappa shape index (κ1) is 12.8. The first-order valence-electron chi connectivity index (χ1n) is 5.94. The molecule has 1 aliphatic rings. The van der Waals surface area contributed by atoms with E-state index in [1.165, 1.54) is 0 Å². The van der Waals surface area contributed by atoms with Gasteiger partial charge in [0.2, 0.25) is 0 Å². The zero-order chi connectivity index (χ0) is 12.3. The summed E-state index contributed by atoms with van der Waals surface area (Å²) in [6.45, 7) is 4.57. The molecular formula is C13H17BrFNO. The third-order valence-electron chi connectivity index (χ3n) is 3.19. The van der Waals surface area contributed by atoms with Crippen LogP contribution in [0.1, 0.15) is 18.4 Å². The predicted octanol–water partition coefficient (Wildman–Crippen LogP) is 3.74. The Labute approximate surface area is 110 Å². The van der Waals surface area contributed by atoms with Crippen molar-refractivity contribution >= 4 is 21.6 Å². The largest absolute Gasteiger partial charge is 0.385 e. The molecular weight excluding hydrogens is 285 g/mol. The number of hydrogen-bond donors (Lipinski definition) is 1. The van der Waals surface area contributed by atoms with E-state index >= 15 is 0 Å². The fourth-order valence-corrected chi connectivity index (χ4v) is 2.38. The van der Waals surface area contributed by atoms with E-state index in [2.05, 4.69) is 21.2 Å². The van der Waals surface area contributed by atoms with Gasteiger partial charge in [-0.15, -0.1) is 0 Å². The lowest BCUT2D eigenvalue weighted by molar-refractivity contribution is 0.0699. The molecule has 0 spiro atoms. The van der Waals surface area contributed by atoms with Crippen LogP contribution < -0.4 is 5.32 Å². The maximum absolute atomic E-state index is 13.3. The molecule has 17 heavy (non-hydrogen) atoms. The smallest absolute Gasteiger partial charge is 0.137 e. The van der Waals surface area contributed by atoms with Crippen LogP contribution in [0.25, 0.3) is 0 Å². The Morgan fingerprint density at radius 1 is 1.41 bits per heavy atom. The monoisotopic (exact) mass is 301 g/mol. The van der Waals surface area contributed by atoms with Crippen molar-refractivity contribution in [3.8, 4) is 0 Å². The second kappa shape index (κ2) is 5.83. The van der Waals surface area contributed by atoms with E-state index < -0.39 is 0 Å². The number of benzene rings is 1. The maximum Gasteiger partial charge on any atom is 0.137 e. The summed E-state index contributed by atoms with van der Waals surface area (Å²) < 4.78 is 19.1. The van der Waals surface area contributed by atoms with Gasteiger partial charge in [-0.25, -0.2) is 4.39 Å². The van der Waals surface area contributed by atoms with E-state index in [-0.39, 0.29) is 5.82 Å². The molecule has 1 fully saturated rings. The highest BCUT2D eigenvalue weighted by Gasteiger charge is 2.14. The van der Waals surface area contributed by atoms with Gasteiger partial charge in [0, 0.05) is 25.4 Å². The summed E-state index contributed by atoms with van der Waals surface area (Å²) >= 11 is 3.21. The minimum absolute atomic E-state index is 0.209. The van der Waals surface area contributed by atoms with Crippen molar-refractivity contribution in [3.63, 3.8) is 0 Å². The first-order valence-corrected chi connectivity index (χ1v) is 6.73. The Morgan fingerprint density at radius 3 is 2.82 bits per heavy atom. The molecule has 0 aliphatic carbocycles. The van der Waals surface area contributed by atoms with Crippen LogP contribution in [-0.2, 0) is 4.74 Å². The Bertz CT molecular complexity index is 391. The van der Waals surface area contributed by atoms with Crippen LogP contribution in [0.2, 0.25) is 0 Å². The summed E-state index contributed by atoms with van der Waals surface area (Å²) in [7, 11) is 0. The van der Waals surface area contributed by atoms with E-state index in [1.54, 1.807) is 6.07 Å². The number of aryl methyl sites for hydroxylation is 1. The number of rotatable bonds is 3. The van der Waals surface area contributed by atoms with Gasteiger partial charge in [0.25, 0.3) is 0 Å². The molecule has 2 nitrogen and oxygen atoms in total. The Kier molecular flexibility index (Phi) is 4.40. The Morgan fingerprint density at radius 2 is 2.12 bits per heavy atom. The predicted molar refractivity (Wildman–Crippen MR) is 70.9 cm³/mol. The van der Waals surface area contributed by atoms with Crippen LogP contribution in [0.15, 0.2) is 16.6 Å². The topological polar surface area (TPSA) is 21.3 Å². The second-order valence-corrected chi connectivity index (χ2v) is 5.37. The number of hydrogen-bond acceptors (Lipinski definition) is 2. The summed E-state index contributed by atoms with van der Waals surface area (Å²) in [6, 6.07) is 3.36.